The Labute approximate surface area is 143 Å². The molecule has 1 aromatic carbocycles. The van der Waals surface area contributed by atoms with Crippen molar-refractivity contribution >= 4 is 33.7 Å². The summed E-state index contributed by atoms with van der Waals surface area (Å²) in [5.74, 6) is -0.599. The first-order valence-corrected chi connectivity index (χ1v) is 8.73. The van der Waals surface area contributed by atoms with Crippen molar-refractivity contribution in [1.82, 2.24) is 9.80 Å². The van der Waals surface area contributed by atoms with Crippen molar-refractivity contribution < 1.29 is 14.4 Å². The van der Waals surface area contributed by atoms with E-state index in [1.165, 1.54) is 4.90 Å². The van der Waals surface area contributed by atoms with Gasteiger partial charge >= 0.3 is 0 Å². The van der Waals surface area contributed by atoms with Crippen LogP contribution in [-0.4, -0.2) is 46.7 Å². The number of nitrogens with zero attached hydrogens (tertiary/aromatic N) is 2. The number of hydrogen-bond donors (Lipinski definition) is 0. The van der Waals surface area contributed by atoms with E-state index in [0.29, 0.717) is 11.1 Å². The van der Waals surface area contributed by atoms with Crippen LogP contribution in [0.25, 0.3) is 0 Å². The maximum atomic E-state index is 12.4. The largest absolute Gasteiger partial charge is 0.340 e. The number of rotatable bonds is 3. The summed E-state index contributed by atoms with van der Waals surface area (Å²) in [6.45, 7) is 2.97. The molecule has 122 valence electrons. The molecule has 0 N–H and O–H groups in total. The van der Waals surface area contributed by atoms with Crippen LogP contribution in [0, 0.1) is 0 Å². The summed E-state index contributed by atoms with van der Waals surface area (Å²) in [5, 5.41) is 0. The highest BCUT2D eigenvalue weighted by molar-refractivity contribution is 9.10. The third-order valence-corrected chi connectivity index (χ3v) is 5.10. The van der Waals surface area contributed by atoms with Crippen LogP contribution in [0.5, 0.6) is 0 Å². The van der Waals surface area contributed by atoms with Gasteiger partial charge < -0.3 is 4.90 Å². The fraction of sp³-hybridized carbons (Fsp3) is 0.471. The quantitative estimate of drug-likeness (QED) is 0.759. The molecule has 1 aromatic rings. The van der Waals surface area contributed by atoms with E-state index >= 15 is 0 Å². The van der Waals surface area contributed by atoms with Crippen LogP contribution in [0.15, 0.2) is 22.7 Å². The van der Waals surface area contributed by atoms with Crippen LogP contribution in [0.1, 0.15) is 53.3 Å². The monoisotopic (exact) mass is 378 g/mol. The lowest BCUT2D eigenvalue weighted by molar-refractivity contribution is -0.134. The number of likely N-dealkylation sites (tertiary alicyclic amines) is 1. The number of benzene rings is 1. The molecule has 1 saturated heterocycles. The Balaban J connectivity index is 1.66. The summed E-state index contributed by atoms with van der Waals surface area (Å²) in [4.78, 5) is 40.1. The van der Waals surface area contributed by atoms with Crippen LogP contribution in [-0.2, 0) is 4.79 Å². The van der Waals surface area contributed by atoms with Gasteiger partial charge in [-0.15, -0.1) is 0 Å². The van der Waals surface area contributed by atoms with E-state index in [1.54, 1.807) is 18.2 Å². The SMILES string of the molecule is C[C@H]1CCCCN1C(=O)CCN1C(=O)c2ccc(Br)cc2C1=O. The van der Waals surface area contributed by atoms with Crippen molar-refractivity contribution in [3.8, 4) is 0 Å². The normalized spacial score (nSPS) is 20.9. The highest BCUT2D eigenvalue weighted by Crippen LogP contribution is 2.26. The summed E-state index contributed by atoms with van der Waals surface area (Å²) in [6.07, 6.45) is 3.39. The minimum Gasteiger partial charge on any atom is -0.340 e. The van der Waals surface area contributed by atoms with Crippen molar-refractivity contribution in [2.24, 2.45) is 0 Å². The van der Waals surface area contributed by atoms with Crippen molar-refractivity contribution in [3.63, 3.8) is 0 Å². The van der Waals surface area contributed by atoms with Crippen molar-refractivity contribution in [1.29, 1.82) is 0 Å². The number of fused-ring (bicyclic) bond motifs is 1. The summed E-state index contributed by atoms with van der Waals surface area (Å²) in [7, 11) is 0. The molecule has 1 atom stereocenters. The Bertz CT molecular complexity index is 674. The zero-order chi connectivity index (χ0) is 16.6. The van der Waals surface area contributed by atoms with E-state index in [9.17, 15) is 14.4 Å². The number of carbonyl (C=O) groups excluding carboxylic acids is 3. The summed E-state index contributed by atoms with van der Waals surface area (Å²) in [6, 6.07) is 5.29. The molecule has 0 radical (unpaired) electrons. The molecule has 0 saturated carbocycles. The fourth-order valence-corrected chi connectivity index (χ4v) is 3.65. The Hall–Kier alpha value is -1.69. The third kappa shape index (κ3) is 3.04. The summed E-state index contributed by atoms with van der Waals surface area (Å²) < 4.78 is 0.762. The Morgan fingerprint density at radius 2 is 1.96 bits per heavy atom. The first-order chi connectivity index (χ1) is 11.0. The van der Waals surface area contributed by atoms with Gasteiger partial charge in [-0.25, -0.2) is 0 Å². The highest BCUT2D eigenvalue weighted by Gasteiger charge is 2.36. The first-order valence-electron chi connectivity index (χ1n) is 7.94. The molecule has 0 unspecified atom stereocenters. The molecule has 0 aromatic heterocycles. The van der Waals surface area contributed by atoms with E-state index in [-0.39, 0.29) is 36.7 Å². The first kappa shape index (κ1) is 16.2. The predicted octanol–water partition coefficient (Wildman–Crippen LogP) is 2.84. The molecule has 6 heteroatoms. The van der Waals surface area contributed by atoms with Gasteiger partial charge in [-0.1, -0.05) is 15.9 Å². The maximum absolute atomic E-state index is 12.4. The lowest BCUT2D eigenvalue weighted by atomic mass is 10.0. The van der Waals surface area contributed by atoms with Crippen LogP contribution in [0.3, 0.4) is 0 Å². The number of imide groups is 1. The molecule has 3 amide bonds. The summed E-state index contributed by atoms with van der Waals surface area (Å²) in [5.41, 5.74) is 0.820. The van der Waals surface area contributed by atoms with Gasteiger partial charge in [0.05, 0.1) is 11.1 Å². The minimum absolute atomic E-state index is 0.0231. The molecular weight excluding hydrogens is 360 g/mol. The molecule has 1 fully saturated rings. The second-order valence-corrected chi connectivity index (χ2v) is 7.05. The second kappa shape index (κ2) is 6.43. The molecule has 2 aliphatic rings. The Morgan fingerprint density at radius 1 is 1.22 bits per heavy atom. The van der Waals surface area contributed by atoms with E-state index in [4.69, 9.17) is 0 Å². The number of hydrogen-bond acceptors (Lipinski definition) is 3. The van der Waals surface area contributed by atoms with Crippen molar-refractivity contribution in [3.05, 3.63) is 33.8 Å². The molecule has 0 aliphatic carbocycles. The van der Waals surface area contributed by atoms with Gasteiger partial charge in [-0.3, -0.25) is 19.3 Å². The molecule has 3 rings (SSSR count). The van der Waals surface area contributed by atoms with Crippen LogP contribution in [0.2, 0.25) is 0 Å². The number of halogens is 1. The number of carbonyl (C=O) groups is 3. The topological polar surface area (TPSA) is 57.7 Å². The Morgan fingerprint density at radius 3 is 2.70 bits per heavy atom. The number of piperidine rings is 1. The van der Waals surface area contributed by atoms with Gasteiger partial charge in [0.1, 0.15) is 0 Å². The van der Waals surface area contributed by atoms with Gasteiger partial charge in [0.15, 0.2) is 0 Å². The van der Waals surface area contributed by atoms with Crippen LogP contribution >= 0.6 is 15.9 Å². The maximum Gasteiger partial charge on any atom is 0.261 e. The molecule has 5 nitrogen and oxygen atoms in total. The molecule has 2 aliphatic heterocycles. The highest BCUT2D eigenvalue weighted by atomic mass is 79.9. The molecule has 0 bridgehead atoms. The number of amides is 3. The third-order valence-electron chi connectivity index (χ3n) is 4.61. The standard InChI is InChI=1S/C17H19BrN2O3/c1-11-4-2-3-8-19(11)15(21)7-9-20-16(22)13-6-5-12(18)10-14(13)17(20)23/h5-6,10-11H,2-4,7-9H2,1H3/t11-/m0/s1. The van der Waals surface area contributed by atoms with Crippen molar-refractivity contribution in [2.45, 2.75) is 38.6 Å². The summed E-state index contributed by atoms with van der Waals surface area (Å²) >= 11 is 3.31. The zero-order valence-electron chi connectivity index (χ0n) is 13.0. The van der Waals surface area contributed by atoms with Gasteiger partial charge in [-0.2, -0.15) is 0 Å². The van der Waals surface area contributed by atoms with E-state index in [0.717, 1.165) is 30.3 Å². The van der Waals surface area contributed by atoms with Gasteiger partial charge in [0.2, 0.25) is 5.91 Å². The van der Waals surface area contributed by atoms with Crippen LogP contribution in [0.4, 0.5) is 0 Å². The molecule has 2 heterocycles. The van der Waals surface area contributed by atoms with Crippen molar-refractivity contribution in [2.75, 3.05) is 13.1 Å². The average Bonchev–Trinajstić information content (AvgIpc) is 2.76. The minimum atomic E-state index is -0.314. The van der Waals surface area contributed by atoms with E-state index in [1.807, 2.05) is 4.90 Å². The average molecular weight is 379 g/mol. The second-order valence-electron chi connectivity index (χ2n) is 6.13. The predicted molar refractivity (Wildman–Crippen MR) is 89.2 cm³/mol. The van der Waals surface area contributed by atoms with E-state index < -0.39 is 0 Å². The van der Waals surface area contributed by atoms with Gasteiger partial charge in [-0.05, 0) is 44.4 Å². The zero-order valence-corrected chi connectivity index (χ0v) is 14.6. The lowest BCUT2D eigenvalue weighted by Crippen LogP contribution is -2.43. The van der Waals surface area contributed by atoms with Gasteiger partial charge in [0.25, 0.3) is 11.8 Å². The lowest BCUT2D eigenvalue weighted by Gasteiger charge is -2.33. The molecule has 0 spiro atoms. The van der Waals surface area contributed by atoms with Gasteiger partial charge in [0, 0.05) is 30.0 Å². The van der Waals surface area contributed by atoms with Crippen LogP contribution < -0.4 is 0 Å². The smallest absolute Gasteiger partial charge is 0.261 e. The molecule has 23 heavy (non-hydrogen) atoms. The molecular formula is C17H19BrN2O3. The van der Waals surface area contributed by atoms with E-state index in [2.05, 4.69) is 22.9 Å². The Kier molecular flexibility index (Phi) is 4.53. The fourth-order valence-electron chi connectivity index (χ4n) is 3.29.